The summed E-state index contributed by atoms with van der Waals surface area (Å²) < 4.78 is 5.28. The lowest BCUT2D eigenvalue weighted by atomic mass is 10.4. The Morgan fingerprint density at radius 3 is 3.07 bits per heavy atom. The van der Waals surface area contributed by atoms with Crippen molar-refractivity contribution in [1.82, 2.24) is 9.88 Å². The minimum atomic E-state index is 0.416. The van der Waals surface area contributed by atoms with Crippen LogP contribution in [0.5, 0.6) is 0 Å². The predicted molar refractivity (Wildman–Crippen MR) is 57.5 cm³/mol. The molecule has 0 saturated carbocycles. The lowest BCUT2D eigenvalue weighted by molar-refractivity contribution is 0.0341. The number of thiazole rings is 1. The summed E-state index contributed by atoms with van der Waals surface area (Å²) in [5, 5.41) is 11.6. The highest BCUT2D eigenvalue weighted by molar-refractivity contribution is 7.09. The van der Waals surface area contributed by atoms with E-state index in [0.29, 0.717) is 6.42 Å². The van der Waals surface area contributed by atoms with E-state index in [1.807, 2.05) is 5.38 Å². The topological polar surface area (TPSA) is 49.2 Å². The van der Waals surface area contributed by atoms with Crippen LogP contribution in [0.3, 0.4) is 0 Å². The van der Waals surface area contributed by atoms with Crippen LogP contribution in [0, 0.1) is 11.3 Å². The maximum Gasteiger partial charge on any atom is 0.107 e. The standard InChI is InChI=1S/C10H13N3OS/c11-2-1-9-8-15-10(12-9)7-13-3-5-14-6-4-13/h8H,1,3-7H2. The molecule has 0 spiro atoms. The molecule has 80 valence electrons. The molecule has 4 nitrogen and oxygen atoms in total. The molecular weight excluding hydrogens is 210 g/mol. The molecule has 1 aromatic heterocycles. The molecule has 5 heteroatoms. The third kappa shape index (κ3) is 2.99. The van der Waals surface area contributed by atoms with Gasteiger partial charge < -0.3 is 4.74 Å². The van der Waals surface area contributed by atoms with Crippen molar-refractivity contribution in [3.63, 3.8) is 0 Å². The molecule has 0 bridgehead atoms. The molecule has 0 atom stereocenters. The van der Waals surface area contributed by atoms with Crippen LogP contribution in [0.2, 0.25) is 0 Å². The van der Waals surface area contributed by atoms with E-state index in [0.717, 1.165) is 43.5 Å². The Morgan fingerprint density at radius 1 is 1.53 bits per heavy atom. The van der Waals surface area contributed by atoms with Crippen LogP contribution in [0.4, 0.5) is 0 Å². The number of ether oxygens (including phenoxy) is 1. The molecule has 2 heterocycles. The summed E-state index contributed by atoms with van der Waals surface area (Å²) in [4.78, 5) is 6.74. The Hall–Kier alpha value is -0.960. The Labute approximate surface area is 93.1 Å². The van der Waals surface area contributed by atoms with Gasteiger partial charge in [-0.15, -0.1) is 11.3 Å². The van der Waals surface area contributed by atoms with E-state index in [2.05, 4.69) is 16.0 Å². The Balaban J connectivity index is 1.89. The quantitative estimate of drug-likeness (QED) is 0.768. The summed E-state index contributed by atoms with van der Waals surface area (Å²) in [6, 6.07) is 2.11. The molecule has 0 radical (unpaired) electrons. The molecule has 0 unspecified atom stereocenters. The summed E-state index contributed by atoms with van der Waals surface area (Å²) in [5.74, 6) is 0. The molecule has 1 aromatic rings. The summed E-state index contributed by atoms with van der Waals surface area (Å²) in [7, 11) is 0. The van der Waals surface area contributed by atoms with Crippen molar-refractivity contribution in [2.24, 2.45) is 0 Å². The van der Waals surface area contributed by atoms with Crippen LogP contribution in [-0.4, -0.2) is 36.2 Å². The first-order valence-electron chi connectivity index (χ1n) is 4.99. The summed E-state index contributed by atoms with van der Waals surface area (Å²) in [5.41, 5.74) is 0.894. The van der Waals surface area contributed by atoms with E-state index in [9.17, 15) is 0 Å². The van der Waals surface area contributed by atoms with Crippen molar-refractivity contribution >= 4 is 11.3 Å². The molecule has 2 rings (SSSR count). The molecule has 1 aliphatic heterocycles. The number of aromatic nitrogens is 1. The highest BCUT2D eigenvalue weighted by Crippen LogP contribution is 2.13. The first kappa shape index (κ1) is 10.6. The summed E-state index contributed by atoms with van der Waals surface area (Å²) >= 11 is 1.64. The third-order valence-electron chi connectivity index (χ3n) is 2.32. The van der Waals surface area contributed by atoms with E-state index in [4.69, 9.17) is 10.00 Å². The van der Waals surface area contributed by atoms with Crippen LogP contribution in [0.25, 0.3) is 0 Å². The van der Waals surface area contributed by atoms with Crippen LogP contribution in [0.1, 0.15) is 10.7 Å². The molecule has 1 aliphatic rings. The van der Waals surface area contributed by atoms with Gasteiger partial charge in [0.15, 0.2) is 0 Å². The van der Waals surface area contributed by atoms with Gasteiger partial charge in [-0.25, -0.2) is 4.98 Å². The third-order valence-corrected chi connectivity index (χ3v) is 3.20. The van der Waals surface area contributed by atoms with Crippen LogP contribution >= 0.6 is 11.3 Å². The van der Waals surface area contributed by atoms with Crippen molar-refractivity contribution in [3.05, 3.63) is 16.1 Å². The molecule has 15 heavy (non-hydrogen) atoms. The SMILES string of the molecule is N#CCc1csc(CN2CCOCC2)n1. The number of hydrogen-bond acceptors (Lipinski definition) is 5. The number of hydrogen-bond donors (Lipinski definition) is 0. The lowest BCUT2D eigenvalue weighted by Gasteiger charge is -2.25. The van der Waals surface area contributed by atoms with Gasteiger partial charge in [0.05, 0.1) is 37.9 Å². The fourth-order valence-electron chi connectivity index (χ4n) is 1.53. The van der Waals surface area contributed by atoms with Gasteiger partial charge in [-0.05, 0) is 0 Å². The Bertz CT molecular complexity index is 352. The number of nitrogens with zero attached hydrogens (tertiary/aromatic N) is 3. The second-order valence-electron chi connectivity index (χ2n) is 3.46. The second kappa shape index (κ2) is 5.21. The van der Waals surface area contributed by atoms with E-state index in [1.165, 1.54) is 0 Å². The van der Waals surface area contributed by atoms with E-state index >= 15 is 0 Å². The smallest absolute Gasteiger partial charge is 0.107 e. The normalized spacial score (nSPS) is 17.5. The Kier molecular flexibility index (Phi) is 3.67. The number of rotatable bonds is 3. The highest BCUT2D eigenvalue weighted by Gasteiger charge is 2.12. The maximum atomic E-state index is 8.54. The van der Waals surface area contributed by atoms with Crippen LogP contribution in [0.15, 0.2) is 5.38 Å². The first-order valence-corrected chi connectivity index (χ1v) is 5.87. The van der Waals surface area contributed by atoms with Crippen molar-refractivity contribution in [2.45, 2.75) is 13.0 Å². The molecule has 1 saturated heterocycles. The zero-order chi connectivity index (χ0) is 10.5. The van der Waals surface area contributed by atoms with Gasteiger partial charge in [0.2, 0.25) is 0 Å². The minimum Gasteiger partial charge on any atom is -0.379 e. The molecule has 0 N–H and O–H groups in total. The summed E-state index contributed by atoms with van der Waals surface area (Å²) in [6.07, 6.45) is 0.416. The monoisotopic (exact) mass is 223 g/mol. The van der Waals surface area contributed by atoms with Gasteiger partial charge in [-0.1, -0.05) is 0 Å². The van der Waals surface area contributed by atoms with Gasteiger partial charge in [0.25, 0.3) is 0 Å². The lowest BCUT2D eigenvalue weighted by Crippen LogP contribution is -2.35. The predicted octanol–water partition coefficient (Wildman–Crippen LogP) is 1.04. The van der Waals surface area contributed by atoms with Crippen molar-refractivity contribution in [3.8, 4) is 6.07 Å². The van der Waals surface area contributed by atoms with Crippen LogP contribution < -0.4 is 0 Å². The molecular formula is C10H13N3OS. The average Bonchev–Trinajstić information content (AvgIpc) is 2.68. The van der Waals surface area contributed by atoms with Gasteiger partial charge in [0, 0.05) is 18.5 Å². The van der Waals surface area contributed by atoms with Crippen molar-refractivity contribution in [2.75, 3.05) is 26.3 Å². The fraction of sp³-hybridized carbons (Fsp3) is 0.600. The van der Waals surface area contributed by atoms with Crippen LogP contribution in [-0.2, 0) is 17.7 Å². The largest absolute Gasteiger partial charge is 0.379 e. The number of nitriles is 1. The summed E-state index contributed by atoms with van der Waals surface area (Å²) in [6.45, 7) is 4.48. The van der Waals surface area contributed by atoms with Crippen molar-refractivity contribution < 1.29 is 4.74 Å². The molecule has 0 aromatic carbocycles. The average molecular weight is 223 g/mol. The van der Waals surface area contributed by atoms with E-state index in [-0.39, 0.29) is 0 Å². The van der Waals surface area contributed by atoms with E-state index < -0.39 is 0 Å². The molecule has 0 aliphatic carbocycles. The van der Waals surface area contributed by atoms with Gasteiger partial charge >= 0.3 is 0 Å². The van der Waals surface area contributed by atoms with Gasteiger partial charge in [-0.3, -0.25) is 4.90 Å². The Morgan fingerprint density at radius 2 is 2.33 bits per heavy atom. The molecule has 0 amide bonds. The molecule has 1 fully saturated rings. The fourth-order valence-corrected chi connectivity index (χ4v) is 2.37. The van der Waals surface area contributed by atoms with Gasteiger partial charge in [0.1, 0.15) is 5.01 Å². The zero-order valence-electron chi connectivity index (χ0n) is 8.48. The van der Waals surface area contributed by atoms with Crippen molar-refractivity contribution in [1.29, 1.82) is 5.26 Å². The highest BCUT2D eigenvalue weighted by atomic mass is 32.1. The van der Waals surface area contributed by atoms with Gasteiger partial charge in [-0.2, -0.15) is 5.26 Å². The first-order chi connectivity index (χ1) is 7.38. The van der Waals surface area contributed by atoms with E-state index in [1.54, 1.807) is 11.3 Å². The zero-order valence-corrected chi connectivity index (χ0v) is 9.29. The second-order valence-corrected chi connectivity index (χ2v) is 4.40. The maximum absolute atomic E-state index is 8.54. The minimum absolute atomic E-state index is 0.416. The number of morpholine rings is 1.